The number of hydrogen-bond donors (Lipinski definition) is 0. The summed E-state index contributed by atoms with van der Waals surface area (Å²) in [6.45, 7) is 0. The van der Waals surface area contributed by atoms with E-state index < -0.39 is 0 Å². The van der Waals surface area contributed by atoms with Crippen LogP contribution in [0.1, 0.15) is 34.1 Å². The molecule has 0 aromatic heterocycles. The average Bonchev–Trinajstić information content (AvgIpc) is 3.15. The monoisotopic (exact) mass is 392 g/mol. The van der Waals surface area contributed by atoms with Crippen molar-refractivity contribution in [3.05, 3.63) is 119 Å². The quantitative estimate of drug-likeness (QED) is 0.379. The van der Waals surface area contributed by atoms with E-state index in [-0.39, 0.29) is 11.8 Å². The van der Waals surface area contributed by atoms with E-state index in [9.17, 15) is 0 Å². The number of rotatable bonds is 5. The minimum Gasteiger partial charge on any atom is -0.497 e. The second kappa shape index (κ2) is 7.72. The first-order valence-corrected chi connectivity index (χ1v) is 10.3. The van der Waals surface area contributed by atoms with E-state index in [0.717, 1.165) is 11.5 Å². The van der Waals surface area contributed by atoms with Gasteiger partial charge in [0.05, 0.1) is 14.2 Å². The lowest BCUT2D eigenvalue weighted by Crippen LogP contribution is -2.12. The van der Waals surface area contributed by atoms with Gasteiger partial charge >= 0.3 is 0 Å². The summed E-state index contributed by atoms with van der Waals surface area (Å²) in [5.74, 6) is 2.18. The molecule has 1 aliphatic rings. The van der Waals surface area contributed by atoms with Crippen molar-refractivity contribution in [1.82, 2.24) is 0 Å². The van der Waals surface area contributed by atoms with Crippen LogP contribution in [0.5, 0.6) is 11.5 Å². The number of fused-ring (bicyclic) bond motifs is 3. The van der Waals surface area contributed by atoms with E-state index in [1.165, 1.54) is 33.4 Å². The molecule has 0 bridgehead atoms. The largest absolute Gasteiger partial charge is 0.497 e. The zero-order chi connectivity index (χ0) is 20.5. The molecule has 2 heteroatoms. The van der Waals surface area contributed by atoms with Gasteiger partial charge in [-0.05, 0) is 57.6 Å². The normalized spacial score (nSPS) is 12.5. The minimum absolute atomic E-state index is 0.187. The molecule has 0 aliphatic heterocycles. The number of hydrogen-bond acceptors (Lipinski definition) is 2. The summed E-state index contributed by atoms with van der Waals surface area (Å²) in [4.78, 5) is 0. The van der Waals surface area contributed by atoms with Crippen LogP contribution in [0.4, 0.5) is 0 Å². The molecule has 5 rings (SSSR count). The molecule has 0 spiro atoms. The van der Waals surface area contributed by atoms with Gasteiger partial charge in [0, 0.05) is 11.8 Å². The molecule has 2 nitrogen and oxygen atoms in total. The predicted octanol–water partition coefficient (Wildman–Crippen LogP) is 6.65. The first-order chi connectivity index (χ1) is 14.8. The molecule has 4 aromatic rings. The molecule has 0 N–H and O–H groups in total. The molecule has 0 atom stereocenters. The second-order valence-corrected chi connectivity index (χ2v) is 7.68. The summed E-state index contributed by atoms with van der Waals surface area (Å²) >= 11 is 0. The van der Waals surface area contributed by atoms with Crippen LogP contribution < -0.4 is 9.47 Å². The highest BCUT2D eigenvalue weighted by atomic mass is 16.5. The van der Waals surface area contributed by atoms with Crippen LogP contribution in [-0.2, 0) is 0 Å². The van der Waals surface area contributed by atoms with Crippen molar-refractivity contribution in [2.24, 2.45) is 0 Å². The van der Waals surface area contributed by atoms with Crippen molar-refractivity contribution in [2.45, 2.75) is 11.8 Å². The van der Waals surface area contributed by atoms with Gasteiger partial charge in [-0.25, -0.2) is 0 Å². The summed E-state index contributed by atoms with van der Waals surface area (Å²) < 4.78 is 10.8. The Balaban J connectivity index is 1.71. The van der Waals surface area contributed by atoms with E-state index in [2.05, 4.69) is 97.1 Å². The number of methoxy groups -OCH3 is 2. The Morgan fingerprint density at radius 2 is 0.933 bits per heavy atom. The Morgan fingerprint density at radius 3 is 1.33 bits per heavy atom. The summed E-state index contributed by atoms with van der Waals surface area (Å²) in [6, 6.07) is 34.6. The minimum atomic E-state index is 0.187. The Bertz CT molecular complexity index is 1070. The molecule has 1 aliphatic carbocycles. The van der Waals surface area contributed by atoms with Gasteiger partial charge in [0.2, 0.25) is 0 Å². The summed E-state index contributed by atoms with van der Waals surface area (Å²) in [5, 5.41) is 0. The maximum Gasteiger partial charge on any atom is 0.118 e. The van der Waals surface area contributed by atoms with Gasteiger partial charge in [0.25, 0.3) is 0 Å². The number of ether oxygens (including phenoxy) is 2. The Morgan fingerprint density at radius 1 is 0.533 bits per heavy atom. The van der Waals surface area contributed by atoms with Crippen molar-refractivity contribution in [1.29, 1.82) is 0 Å². The van der Waals surface area contributed by atoms with Crippen molar-refractivity contribution in [3.63, 3.8) is 0 Å². The van der Waals surface area contributed by atoms with Gasteiger partial charge in [-0.2, -0.15) is 0 Å². The van der Waals surface area contributed by atoms with E-state index in [1.54, 1.807) is 14.2 Å². The fraction of sp³-hybridized carbons (Fsp3) is 0.143. The van der Waals surface area contributed by atoms with Crippen LogP contribution in [0.3, 0.4) is 0 Å². The highest BCUT2D eigenvalue weighted by molar-refractivity contribution is 5.79. The fourth-order valence-electron chi connectivity index (χ4n) is 4.75. The average molecular weight is 392 g/mol. The molecule has 0 saturated heterocycles. The van der Waals surface area contributed by atoms with Crippen LogP contribution in [0.2, 0.25) is 0 Å². The Kier molecular flexibility index (Phi) is 4.76. The molecular formula is C28H24O2. The molecule has 30 heavy (non-hydrogen) atoms. The van der Waals surface area contributed by atoms with Gasteiger partial charge in [-0.15, -0.1) is 0 Å². The number of benzene rings is 4. The van der Waals surface area contributed by atoms with Crippen molar-refractivity contribution < 1.29 is 9.47 Å². The zero-order valence-electron chi connectivity index (χ0n) is 17.2. The van der Waals surface area contributed by atoms with Crippen LogP contribution >= 0.6 is 0 Å². The van der Waals surface area contributed by atoms with Crippen molar-refractivity contribution in [2.75, 3.05) is 14.2 Å². The SMILES string of the molecule is COc1ccc(C(c2ccc(OC)cc2)C2c3ccccc3-c3ccccc32)cc1. The van der Waals surface area contributed by atoms with E-state index in [4.69, 9.17) is 9.47 Å². The highest BCUT2D eigenvalue weighted by Crippen LogP contribution is 2.53. The molecule has 4 aromatic carbocycles. The van der Waals surface area contributed by atoms with E-state index in [1.807, 2.05) is 0 Å². The summed E-state index contributed by atoms with van der Waals surface area (Å²) in [5.41, 5.74) is 8.00. The third kappa shape index (κ3) is 3.05. The molecule has 0 unspecified atom stereocenters. The van der Waals surface area contributed by atoms with Gasteiger partial charge in [-0.3, -0.25) is 0 Å². The van der Waals surface area contributed by atoms with E-state index in [0.29, 0.717) is 0 Å². The topological polar surface area (TPSA) is 18.5 Å². The third-order valence-electron chi connectivity index (χ3n) is 6.17. The third-order valence-corrected chi connectivity index (χ3v) is 6.17. The molecule has 0 amide bonds. The highest BCUT2D eigenvalue weighted by Gasteiger charge is 2.35. The lowest BCUT2D eigenvalue weighted by molar-refractivity contribution is 0.414. The zero-order valence-corrected chi connectivity index (χ0v) is 17.2. The van der Waals surface area contributed by atoms with Crippen LogP contribution in [0.15, 0.2) is 97.1 Å². The maximum absolute atomic E-state index is 5.41. The van der Waals surface area contributed by atoms with Crippen LogP contribution in [-0.4, -0.2) is 14.2 Å². The second-order valence-electron chi connectivity index (χ2n) is 7.68. The molecule has 0 saturated carbocycles. The van der Waals surface area contributed by atoms with Crippen LogP contribution in [0.25, 0.3) is 11.1 Å². The lowest BCUT2D eigenvalue weighted by atomic mass is 9.76. The molecular weight excluding hydrogens is 368 g/mol. The van der Waals surface area contributed by atoms with Gasteiger partial charge in [0.1, 0.15) is 11.5 Å². The van der Waals surface area contributed by atoms with Crippen molar-refractivity contribution >= 4 is 0 Å². The summed E-state index contributed by atoms with van der Waals surface area (Å²) in [7, 11) is 3.42. The van der Waals surface area contributed by atoms with Crippen molar-refractivity contribution in [3.8, 4) is 22.6 Å². The summed E-state index contributed by atoms with van der Waals surface area (Å²) in [6.07, 6.45) is 0. The van der Waals surface area contributed by atoms with Crippen LogP contribution in [0, 0.1) is 0 Å². The standard InChI is InChI=1S/C28H24O2/c1-29-21-15-11-19(12-16-21)27(20-13-17-22(30-2)18-14-20)28-25-9-5-3-7-23(25)24-8-4-6-10-26(24)28/h3-18,27-28H,1-2H3. The fourth-order valence-corrected chi connectivity index (χ4v) is 4.75. The lowest BCUT2D eigenvalue weighted by Gasteiger charge is -2.27. The Hall–Kier alpha value is -3.52. The van der Waals surface area contributed by atoms with Gasteiger partial charge < -0.3 is 9.47 Å². The van der Waals surface area contributed by atoms with E-state index >= 15 is 0 Å². The Labute approximate surface area is 177 Å². The van der Waals surface area contributed by atoms with Gasteiger partial charge in [-0.1, -0.05) is 72.8 Å². The molecule has 148 valence electrons. The molecule has 0 fully saturated rings. The first-order valence-electron chi connectivity index (χ1n) is 10.3. The molecule has 0 radical (unpaired) electrons. The first kappa shape index (κ1) is 18.5. The maximum atomic E-state index is 5.41. The molecule has 0 heterocycles. The predicted molar refractivity (Wildman–Crippen MR) is 122 cm³/mol. The van der Waals surface area contributed by atoms with Gasteiger partial charge in [0.15, 0.2) is 0 Å². The smallest absolute Gasteiger partial charge is 0.118 e.